The van der Waals surface area contributed by atoms with E-state index in [1.165, 1.54) is 0 Å². The molecule has 0 unspecified atom stereocenters. The molecule has 1 spiro atoms. The molecule has 1 aromatic heterocycles. The van der Waals surface area contributed by atoms with Crippen molar-refractivity contribution in [1.29, 1.82) is 0 Å². The van der Waals surface area contributed by atoms with E-state index in [1.807, 2.05) is 42.5 Å². The summed E-state index contributed by atoms with van der Waals surface area (Å²) in [4.78, 5) is 29.5. The van der Waals surface area contributed by atoms with E-state index >= 15 is 0 Å². The van der Waals surface area contributed by atoms with Crippen molar-refractivity contribution in [2.75, 3.05) is 5.75 Å². The fraction of sp³-hybridized carbons (Fsp3) is 0.407. The normalized spacial score (nSPS) is 23.1. The summed E-state index contributed by atoms with van der Waals surface area (Å²) in [5.41, 5.74) is 6.23. The van der Waals surface area contributed by atoms with E-state index in [4.69, 9.17) is 11.6 Å². The summed E-state index contributed by atoms with van der Waals surface area (Å²) < 4.78 is 0. The van der Waals surface area contributed by atoms with Crippen molar-refractivity contribution in [3.05, 3.63) is 59.2 Å². The number of hydrazine groups is 1. The highest BCUT2D eigenvalue weighted by Gasteiger charge is 2.50. The summed E-state index contributed by atoms with van der Waals surface area (Å²) in [7, 11) is 0. The molecule has 2 aliphatic rings. The van der Waals surface area contributed by atoms with Gasteiger partial charge in [-0.2, -0.15) is 0 Å². The molecule has 34 heavy (non-hydrogen) atoms. The van der Waals surface area contributed by atoms with Gasteiger partial charge in [0, 0.05) is 21.5 Å². The maximum Gasteiger partial charge on any atom is 0.286 e. The topological polar surface area (TPSA) is 65.2 Å². The van der Waals surface area contributed by atoms with Crippen LogP contribution < -0.4 is 5.43 Å². The van der Waals surface area contributed by atoms with Crippen LogP contribution in [0.5, 0.6) is 0 Å². The van der Waals surface area contributed by atoms with E-state index in [1.54, 1.807) is 22.8 Å². The number of nitrogens with one attached hydrogen (secondary N) is 2. The van der Waals surface area contributed by atoms with Crippen LogP contribution in [0.25, 0.3) is 22.0 Å². The molecule has 2 N–H and O–H groups in total. The summed E-state index contributed by atoms with van der Waals surface area (Å²) in [6.07, 6.45) is 3.88. The second-order valence-corrected chi connectivity index (χ2v) is 12.2. The molecule has 0 radical (unpaired) electrons. The number of H-pyrrole nitrogens is 1. The van der Waals surface area contributed by atoms with Crippen LogP contribution in [-0.4, -0.2) is 32.4 Å². The second-order valence-electron chi connectivity index (χ2n) is 10.5. The number of carbonyl (C=O) groups is 2. The molecule has 0 bridgehead atoms. The Labute approximate surface area is 209 Å². The average Bonchev–Trinajstić information content (AvgIpc) is 3.32. The van der Waals surface area contributed by atoms with Gasteiger partial charge in [-0.15, -0.1) is 11.8 Å². The highest BCUT2D eigenvalue weighted by atomic mass is 35.5. The van der Waals surface area contributed by atoms with Crippen molar-refractivity contribution >= 4 is 46.1 Å². The highest BCUT2D eigenvalue weighted by molar-refractivity contribution is 8.01. The quantitative estimate of drug-likeness (QED) is 0.428. The van der Waals surface area contributed by atoms with Gasteiger partial charge in [0.05, 0.1) is 5.75 Å². The lowest BCUT2D eigenvalue weighted by molar-refractivity contribution is -0.134. The third kappa shape index (κ3) is 4.11. The Bertz CT molecular complexity index is 1240. The fourth-order valence-electron chi connectivity index (χ4n) is 5.42. The van der Waals surface area contributed by atoms with Gasteiger partial charge >= 0.3 is 0 Å². The Morgan fingerprint density at radius 1 is 1.15 bits per heavy atom. The van der Waals surface area contributed by atoms with E-state index in [2.05, 4.69) is 31.2 Å². The van der Waals surface area contributed by atoms with Crippen molar-refractivity contribution in [1.82, 2.24) is 15.4 Å². The lowest BCUT2D eigenvalue weighted by atomic mass is 9.71. The molecule has 1 saturated carbocycles. The molecule has 1 aliphatic carbocycles. The van der Waals surface area contributed by atoms with Gasteiger partial charge in [0.2, 0.25) is 0 Å². The summed E-state index contributed by atoms with van der Waals surface area (Å²) in [6.45, 7) is 6.86. The zero-order valence-electron chi connectivity index (χ0n) is 19.8. The Kier molecular flexibility index (Phi) is 5.93. The van der Waals surface area contributed by atoms with Gasteiger partial charge < -0.3 is 4.98 Å². The predicted molar refractivity (Wildman–Crippen MR) is 140 cm³/mol. The first kappa shape index (κ1) is 23.3. The van der Waals surface area contributed by atoms with Crippen molar-refractivity contribution in [2.45, 2.75) is 51.3 Å². The van der Waals surface area contributed by atoms with Crippen LogP contribution in [0.2, 0.25) is 5.02 Å². The molecule has 2 aromatic carbocycles. The van der Waals surface area contributed by atoms with E-state index in [-0.39, 0.29) is 22.1 Å². The smallest absolute Gasteiger partial charge is 0.286 e. The lowest BCUT2D eigenvalue weighted by Gasteiger charge is -2.45. The number of aromatic amines is 1. The number of rotatable bonds is 3. The van der Waals surface area contributed by atoms with Gasteiger partial charge in [0.25, 0.3) is 11.8 Å². The predicted octanol–water partition coefficient (Wildman–Crippen LogP) is 6.64. The Balaban J connectivity index is 1.47. The number of halogens is 1. The first-order chi connectivity index (χ1) is 16.2. The van der Waals surface area contributed by atoms with Crippen LogP contribution >= 0.6 is 23.4 Å². The van der Waals surface area contributed by atoms with Crippen molar-refractivity contribution < 1.29 is 9.59 Å². The molecule has 3 aromatic rings. The number of thioether (sulfide) groups is 1. The van der Waals surface area contributed by atoms with Crippen LogP contribution in [0.1, 0.15) is 56.9 Å². The minimum Gasteiger partial charge on any atom is -0.350 e. The Morgan fingerprint density at radius 2 is 1.85 bits per heavy atom. The van der Waals surface area contributed by atoms with Crippen molar-refractivity contribution in [3.63, 3.8) is 0 Å². The maximum atomic E-state index is 13.7. The first-order valence-corrected chi connectivity index (χ1v) is 13.2. The molecule has 7 heteroatoms. The zero-order chi connectivity index (χ0) is 24.1. The highest BCUT2D eigenvalue weighted by Crippen LogP contribution is 2.51. The molecule has 178 valence electrons. The third-order valence-electron chi connectivity index (χ3n) is 7.38. The SMILES string of the molecule is CC(C)(C)C1CCC2(CC1)SCC(=O)N2NC(=O)c1[nH]c2ccc(Cl)cc2c1-c1ccccc1. The number of fused-ring (bicyclic) bond motifs is 1. The molecule has 1 saturated heterocycles. The maximum absolute atomic E-state index is 13.7. The molecule has 0 atom stereocenters. The van der Waals surface area contributed by atoms with Gasteiger partial charge in [-0.1, -0.05) is 62.7 Å². The van der Waals surface area contributed by atoms with Gasteiger partial charge in [0.15, 0.2) is 0 Å². The molecular weight excluding hydrogens is 466 g/mol. The van der Waals surface area contributed by atoms with Gasteiger partial charge in [-0.3, -0.25) is 15.0 Å². The molecule has 5 rings (SSSR count). The van der Waals surface area contributed by atoms with E-state index < -0.39 is 0 Å². The third-order valence-corrected chi connectivity index (χ3v) is 9.13. The van der Waals surface area contributed by atoms with E-state index in [0.717, 1.165) is 47.7 Å². The molecule has 2 heterocycles. The van der Waals surface area contributed by atoms with Crippen LogP contribution in [0.3, 0.4) is 0 Å². The molecule has 2 fully saturated rings. The van der Waals surface area contributed by atoms with Crippen LogP contribution in [0.15, 0.2) is 48.5 Å². The Hall–Kier alpha value is -2.44. The van der Waals surface area contributed by atoms with E-state index in [9.17, 15) is 9.59 Å². The number of nitrogens with zero attached hydrogens (tertiary/aromatic N) is 1. The van der Waals surface area contributed by atoms with Crippen molar-refractivity contribution in [2.24, 2.45) is 11.3 Å². The molecule has 2 amide bonds. The summed E-state index contributed by atoms with van der Waals surface area (Å²) in [5.74, 6) is 0.677. The number of benzene rings is 2. The monoisotopic (exact) mass is 495 g/mol. The minimum atomic E-state index is -0.364. The fourth-order valence-corrected chi connectivity index (χ4v) is 6.91. The molecular formula is C27H30ClN3O2S. The molecule has 1 aliphatic heterocycles. The Morgan fingerprint density at radius 3 is 2.53 bits per heavy atom. The molecule has 5 nitrogen and oxygen atoms in total. The summed E-state index contributed by atoms with van der Waals surface area (Å²) in [6, 6.07) is 15.4. The number of hydrogen-bond acceptors (Lipinski definition) is 3. The zero-order valence-corrected chi connectivity index (χ0v) is 21.4. The largest absolute Gasteiger partial charge is 0.350 e. The number of hydrogen-bond donors (Lipinski definition) is 2. The van der Waals surface area contributed by atoms with Gasteiger partial charge in [-0.05, 0) is 60.8 Å². The number of carbonyl (C=O) groups excluding carboxylic acids is 2. The van der Waals surface area contributed by atoms with Crippen LogP contribution in [-0.2, 0) is 4.79 Å². The second kappa shape index (κ2) is 8.65. The van der Waals surface area contributed by atoms with E-state index in [0.29, 0.717) is 22.4 Å². The standard InChI is InChI=1S/C27H30ClN3O2S/c1-26(2,3)18-11-13-27(14-12-18)31(22(32)16-34-27)30-25(33)24-23(17-7-5-4-6-8-17)20-15-19(28)9-10-21(20)29-24/h4-10,15,18,29H,11-14,16H2,1-3H3,(H,30,33). The lowest BCUT2D eigenvalue weighted by Crippen LogP contribution is -2.56. The first-order valence-electron chi connectivity index (χ1n) is 11.8. The van der Waals surface area contributed by atoms with Crippen molar-refractivity contribution in [3.8, 4) is 11.1 Å². The average molecular weight is 496 g/mol. The summed E-state index contributed by atoms with van der Waals surface area (Å²) >= 11 is 7.97. The number of amides is 2. The van der Waals surface area contributed by atoms with Crippen LogP contribution in [0, 0.1) is 11.3 Å². The van der Waals surface area contributed by atoms with Gasteiger partial charge in [-0.25, -0.2) is 5.01 Å². The van der Waals surface area contributed by atoms with Gasteiger partial charge in [0.1, 0.15) is 10.6 Å². The van der Waals surface area contributed by atoms with Crippen LogP contribution in [0.4, 0.5) is 0 Å². The minimum absolute atomic E-state index is 0.0343. The summed E-state index contributed by atoms with van der Waals surface area (Å²) in [5, 5.41) is 3.12. The number of aromatic nitrogens is 1.